The molecule has 1 amide bonds. The molecule has 0 aliphatic heterocycles. The van der Waals surface area contributed by atoms with Crippen LogP contribution in [0.1, 0.15) is 24.5 Å². The Bertz CT molecular complexity index is 363. The lowest BCUT2D eigenvalue weighted by Crippen LogP contribution is -2.41. The molecule has 0 fully saturated rings. The molecule has 0 radical (unpaired) electrons. The summed E-state index contributed by atoms with van der Waals surface area (Å²) in [7, 11) is 1.93. The first-order valence-electron chi connectivity index (χ1n) is 5.59. The number of primary amides is 1. The molecule has 0 aliphatic carbocycles. The number of nitrogens with two attached hydrogens (primary N) is 1. The standard InChI is InChI=1S/C13H20N2O/c1-4-12(13(14)16)15(3)9-11-7-5-6-10(2)8-11/h5-8,12H,4,9H2,1-3H3,(H2,14,16). The second kappa shape index (κ2) is 5.66. The number of carbonyl (C=O) groups is 1. The van der Waals surface area contributed by atoms with Gasteiger partial charge in [-0.1, -0.05) is 36.8 Å². The van der Waals surface area contributed by atoms with Crippen LogP contribution >= 0.6 is 0 Å². The molecule has 1 rings (SSSR count). The highest BCUT2D eigenvalue weighted by atomic mass is 16.1. The molecule has 1 aromatic rings. The first-order chi connectivity index (χ1) is 7.54. The summed E-state index contributed by atoms with van der Waals surface area (Å²) in [5, 5.41) is 0. The number of benzene rings is 1. The van der Waals surface area contributed by atoms with Crippen LogP contribution < -0.4 is 5.73 Å². The van der Waals surface area contributed by atoms with E-state index in [0.717, 1.165) is 13.0 Å². The Hall–Kier alpha value is -1.35. The molecule has 3 heteroatoms. The summed E-state index contributed by atoms with van der Waals surface area (Å²) in [6.45, 7) is 4.79. The Morgan fingerprint density at radius 3 is 2.69 bits per heavy atom. The smallest absolute Gasteiger partial charge is 0.234 e. The average molecular weight is 220 g/mol. The molecule has 1 atom stereocenters. The van der Waals surface area contributed by atoms with Gasteiger partial charge >= 0.3 is 0 Å². The molecule has 2 N–H and O–H groups in total. The number of nitrogens with zero attached hydrogens (tertiary/aromatic N) is 1. The topological polar surface area (TPSA) is 46.3 Å². The van der Waals surface area contributed by atoms with E-state index in [9.17, 15) is 4.79 Å². The number of rotatable bonds is 5. The summed E-state index contributed by atoms with van der Waals surface area (Å²) in [6, 6.07) is 8.11. The molecule has 0 bridgehead atoms. The number of hydrogen-bond acceptors (Lipinski definition) is 2. The van der Waals surface area contributed by atoms with Gasteiger partial charge in [-0.15, -0.1) is 0 Å². The fraction of sp³-hybridized carbons (Fsp3) is 0.462. The van der Waals surface area contributed by atoms with Crippen LogP contribution in [0.25, 0.3) is 0 Å². The van der Waals surface area contributed by atoms with Crippen LogP contribution in [-0.4, -0.2) is 23.9 Å². The third-order valence-electron chi connectivity index (χ3n) is 2.76. The molecule has 1 aromatic carbocycles. The van der Waals surface area contributed by atoms with Crippen LogP contribution in [0, 0.1) is 6.92 Å². The summed E-state index contributed by atoms with van der Waals surface area (Å²) in [5.74, 6) is -0.252. The van der Waals surface area contributed by atoms with E-state index in [1.165, 1.54) is 11.1 Å². The molecular formula is C13H20N2O. The molecule has 16 heavy (non-hydrogen) atoms. The fourth-order valence-corrected chi connectivity index (χ4v) is 1.94. The molecule has 3 nitrogen and oxygen atoms in total. The normalized spacial score (nSPS) is 12.8. The van der Waals surface area contributed by atoms with Gasteiger partial charge in [-0.2, -0.15) is 0 Å². The lowest BCUT2D eigenvalue weighted by Gasteiger charge is -2.24. The van der Waals surface area contributed by atoms with Gasteiger partial charge in [0.25, 0.3) is 0 Å². The molecule has 0 aromatic heterocycles. The second-order valence-electron chi connectivity index (χ2n) is 4.23. The minimum atomic E-state index is -0.252. The monoisotopic (exact) mass is 220 g/mol. The highest BCUT2D eigenvalue weighted by Crippen LogP contribution is 2.10. The third kappa shape index (κ3) is 3.35. The summed E-state index contributed by atoms with van der Waals surface area (Å²) in [4.78, 5) is 13.2. The molecule has 88 valence electrons. The van der Waals surface area contributed by atoms with Gasteiger partial charge in [0.15, 0.2) is 0 Å². The molecule has 0 saturated heterocycles. The predicted octanol–water partition coefficient (Wildman–Crippen LogP) is 1.69. The molecule has 1 unspecified atom stereocenters. The van der Waals surface area contributed by atoms with Crippen molar-refractivity contribution < 1.29 is 4.79 Å². The van der Waals surface area contributed by atoms with Crippen molar-refractivity contribution in [2.75, 3.05) is 7.05 Å². The van der Waals surface area contributed by atoms with Crippen molar-refractivity contribution in [2.24, 2.45) is 5.73 Å². The maximum atomic E-state index is 11.2. The van der Waals surface area contributed by atoms with Gasteiger partial charge in [0.05, 0.1) is 6.04 Å². The molecule has 0 saturated carbocycles. The summed E-state index contributed by atoms with van der Waals surface area (Å²) >= 11 is 0. The number of hydrogen-bond donors (Lipinski definition) is 1. The van der Waals surface area contributed by atoms with Crippen LogP contribution in [0.3, 0.4) is 0 Å². The van der Waals surface area contributed by atoms with E-state index in [0.29, 0.717) is 0 Å². The van der Waals surface area contributed by atoms with Crippen molar-refractivity contribution >= 4 is 5.91 Å². The maximum Gasteiger partial charge on any atom is 0.234 e. The zero-order valence-corrected chi connectivity index (χ0v) is 10.2. The Morgan fingerprint density at radius 1 is 1.50 bits per heavy atom. The highest BCUT2D eigenvalue weighted by molar-refractivity contribution is 5.79. The Balaban J connectivity index is 2.69. The van der Waals surface area contributed by atoms with Gasteiger partial charge in [0.2, 0.25) is 5.91 Å². The van der Waals surface area contributed by atoms with E-state index < -0.39 is 0 Å². The number of amides is 1. The van der Waals surface area contributed by atoms with Crippen molar-refractivity contribution in [2.45, 2.75) is 32.9 Å². The van der Waals surface area contributed by atoms with Crippen molar-refractivity contribution in [1.82, 2.24) is 4.90 Å². The SMILES string of the molecule is CCC(C(N)=O)N(C)Cc1cccc(C)c1. The van der Waals surface area contributed by atoms with E-state index in [2.05, 4.69) is 25.1 Å². The minimum absolute atomic E-state index is 0.180. The van der Waals surface area contributed by atoms with E-state index in [-0.39, 0.29) is 11.9 Å². The number of carbonyl (C=O) groups excluding carboxylic acids is 1. The first kappa shape index (κ1) is 12.7. The number of aryl methyl sites for hydroxylation is 1. The second-order valence-corrected chi connectivity index (χ2v) is 4.23. The maximum absolute atomic E-state index is 11.2. The quantitative estimate of drug-likeness (QED) is 0.820. The zero-order valence-electron chi connectivity index (χ0n) is 10.2. The van der Waals surface area contributed by atoms with Crippen LogP contribution in [0.4, 0.5) is 0 Å². The highest BCUT2D eigenvalue weighted by Gasteiger charge is 2.18. The summed E-state index contributed by atoms with van der Waals surface area (Å²) in [5.41, 5.74) is 7.80. The van der Waals surface area contributed by atoms with Crippen LogP contribution in [0.15, 0.2) is 24.3 Å². The molecular weight excluding hydrogens is 200 g/mol. The third-order valence-corrected chi connectivity index (χ3v) is 2.76. The predicted molar refractivity (Wildman–Crippen MR) is 65.9 cm³/mol. The lowest BCUT2D eigenvalue weighted by molar-refractivity contribution is -0.123. The van der Waals surface area contributed by atoms with Gasteiger partial charge in [0, 0.05) is 6.54 Å². The van der Waals surface area contributed by atoms with Gasteiger partial charge in [0.1, 0.15) is 0 Å². The van der Waals surface area contributed by atoms with Crippen molar-refractivity contribution in [3.63, 3.8) is 0 Å². The Kier molecular flexibility index (Phi) is 4.50. The van der Waals surface area contributed by atoms with Crippen molar-refractivity contribution in [3.05, 3.63) is 35.4 Å². The van der Waals surface area contributed by atoms with Crippen molar-refractivity contribution in [1.29, 1.82) is 0 Å². The average Bonchev–Trinajstić information content (AvgIpc) is 2.17. The molecule has 0 heterocycles. The van der Waals surface area contributed by atoms with Gasteiger partial charge in [-0.05, 0) is 26.0 Å². The van der Waals surface area contributed by atoms with Crippen LogP contribution in [-0.2, 0) is 11.3 Å². The summed E-state index contributed by atoms with van der Waals surface area (Å²) in [6.07, 6.45) is 0.748. The van der Waals surface area contributed by atoms with E-state index in [1.54, 1.807) is 0 Å². The van der Waals surface area contributed by atoms with Crippen LogP contribution in [0.2, 0.25) is 0 Å². The van der Waals surface area contributed by atoms with E-state index in [1.807, 2.05) is 24.9 Å². The number of likely N-dealkylation sites (N-methyl/N-ethyl adjacent to an activating group) is 1. The molecule has 0 aliphatic rings. The fourth-order valence-electron chi connectivity index (χ4n) is 1.94. The summed E-state index contributed by atoms with van der Waals surface area (Å²) < 4.78 is 0. The lowest BCUT2D eigenvalue weighted by atomic mass is 10.1. The largest absolute Gasteiger partial charge is 0.368 e. The van der Waals surface area contributed by atoms with Crippen LogP contribution in [0.5, 0.6) is 0 Å². The minimum Gasteiger partial charge on any atom is -0.368 e. The Morgan fingerprint density at radius 2 is 2.19 bits per heavy atom. The van der Waals surface area contributed by atoms with E-state index >= 15 is 0 Å². The van der Waals surface area contributed by atoms with Gasteiger partial charge in [-0.25, -0.2) is 0 Å². The first-order valence-corrected chi connectivity index (χ1v) is 5.59. The zero-order chi connectivity index (χ0) is 12.1. The van der Waals surface area contributed by atoms with Gasteiger partial charge < -0.3 is 5.73 Å². The van der Waals surface area contributed by atoms with Crippen molar-refractivity contribution in [3.8, 4) is 0 Å². The van der Waals surface area contributed by atoms with E-state index in [4.69, 9.17) is 5.73 Å². The molecule has 0 spiro atoms. The Labute approximate surface area is 97.2 Å². The van der Waals surface area contributed by atoms with Gasteiger partial charge in [-0.3, -0.25) is 9.69 Å².